The van der Waals surface area contributed by atoms with Gasteiger partial charge in [-0.3, -0.25) is 9.36 Å². The van der Waals surface area contributed by atoms with Crippen LogP contribution in [0, 0.1) is 0 Å². The molecule has 0 unspecified atom stereocenters. The predicted molar refractivity (Wildman–Crippen MR) is 201 cm³/mol. The summed E-state index contributed by atoms with van der Waals surface area (Å²) in [5, 5.41) is 0.613. The number of esters is 1. The van der Waals surface area contributed by atoms with Crippen LogP contribution >= 0.6 is 22.9 Å². The third-order valence-electron chi connectivity index (χ3n) is 8.25. The first-order valence-corrected chi connectivity index (χ1v) is 17.7. The number of aromatic nitrogens is 1. The summed E-state index contributed by atoms with van der Waals surface area (Å²) >= 11 is 7.66. The van der Waals surface area contributed by atoms with Gasteiger partial charge in [0.2, 0.25) is 0 Å². The highest BCUT2D eigenvalue weighted by atomic mass is 35.5. The second-order valence-electron chi connectivity index (χ2n) is 11.5. The SMILES string of the molecule is C=CCc1cc(/C=c2/sc3n(c2=O)[C@@H](c2ccc(OC)cc2)C(C(=O)OCC)=C(c2ccccc2)N=3)cc(OCC)c1OCc1ccccc1Cl. The zero-order chi connectivity index (χ0) is 35.9. The molecule has 0 aliphatic carbocycles. The maximum atomic E-state index is 14.5. The van der Waals surface area contributed by atoms with Crippen LogP contribution in [0.1, 0.15) is 47.7 Å². The Balaban J connectivity index is 1.53. The first-order valence-electron chi connectivity index (χ1n) is 16.6. The largest absolute Gasteiger partial charge is 0.497 e. The van der Waals surface area contributed by atoms with E-state index in [1.165, 1.54) is 11.3 Å². The number of hydrogen-bond donors (Lipinski definition) is 0. The van der Waals surface area contributed by atoms with Crippen molar-refractivity contribution in [1.29, 1.82) is 0 Å². The lowest BCUT2D eigenvalue weighted by Crippen LogP contribution is -2.40. The molecule has 0 N–H and O–H groups in total. The molecule has 1 aromatic heterocycles. The summed E-state index contributed by atoms with van der Waals surface area (Å²) in [5.41, 5.74) is 4.30. The summed E-state index contributed by atoms with van der Waals surface area (Å²) in [7, 11) is 1.59. The normalized spacial score (nSPS) is 14.0. The van der Waals surface area contributed by atoms with Gasteiger partial charge in [-0.25, -0.2) is 9.79 Å². The topological polar surface area (TPSA) is 88.4 Å². The molecule has 0 saturated heterocycles. The van der Waals surface area contributed by atoms with Crippen molar-refractivity contribution in [3.05, 3.63) is 162 Å². The lowest BCUT2D eigenvalue weighted by molar-refractivity contribution is -0.138. The predicted octanol–water partition coefficient (Wildman–Crippen LogP) is 7.30. The van der Waals surface area contributed by atoms with Crippen molar-refractivity contribution in [1.82, 2.24) is 4.57 Å². The number of fused-ring (bicyclic) bond motifs is 1. The Morgan fingerprint density at radius 2 is 1.71 bits per heavy atom. The molecule has 4 aromatic carbocycles. The first-order chi connectivity index (χ1) is 24.9. The Morgan fingerprint density at radius 1 is 0.961 bits per heavy atom. The summed E-state index contributed by atoms with van der Waals surface area (Å²) in [6.07, 6.45) is 4.11. The number of nitrogens with zero attached hydrogens (tertiary/aromatic N) is 2. The van der Waals surface area contributed by atoms with Crippen molar-refractivity contribution in [3.8, 4) is 17.2 Å². The van der Waals surface area contributed by atoms with Crippen molar-refractivity contribution in [2.75, 3.05) is 20.3 Å². The Kier molecular flexibility index (Phi) is 11.2. The number of thiazole rings is 1. The lowest BCUT2D eigenvalue weighted by Gasteiger charge is -2.26. The molecular weight excluding hydrogens is 684 g/mol. The van der Waals surface area contributed by atoms with Crippen LogP contribution in [0.15, 0.2) is 119 Å². The number of allylic oxidation sites excluding steroid dienone is 1. The van der Waals surface area contributed by atoms with E-state index in [9.17, 15) is 9.59 Å². The van der Waals surface area contributed by atoms with Gasteiger partial charge in [0.05, 0.1) is 42.2 Å². The monoisotopic (exact) mass is 720 g/mol. The number of rotatable bonds is 13. The number of carbonyl (C=O) groups is 1. The van der Waals surface area contributed by atoms with Crippen molar-refractivity contribution in [2.24, 2.45) is 4.99 Å². The van der Waals surface area contributed by atoms with Crippen LogP contribution in [0.25, 0.3) is 11.8 Å². The minimum absolute atomic E-state index is 0.164. The standard InChI is InChI=1S/C41H37ClN2O6S/c1-5-13-29-22-26(23-33(48-6-2)38(29)50-25-30-16-11-12-17-32(30)42)24-34-39(45)44-37(28-18-20-31(47-4)21-19-28)35(40(46)49-7-3)36(43-41(44)51-34)27-14-9-8-10-15-27/h5,8-12,14-24,37H,1,6-7,13,25H2,2-4H3/b34-24+/t37-/m0/s1. The summed E-state index contributed by atoms with van der Waals surface area (Å²) in [6, 6.07) is 27.3. The fraction of sp³-hybridized carbons (Fsp3) is 0.195. The number of ether oxygens (including phenoxy) is 4. The molecule has 1 aliphatic heterocycles. The second-order valence-corrected chi connectivity index (χ2v) is 12.9. The maximum absolute atomic E-state index is 14.5. The highest BCUT2D eigenvalue weighted by Gasteiger charge is 2.35. The Labute approximate surface area is 305 Å². The van der Waals surface area contributed by atoms with Gasteiger partial charge in [0, 0.05) is 21.7 Å². The van der Waals surface area contributed by atoms with Crippen molar-refractivity contribution in [3.63, 3.8) is 0 Å². The van der Waals surface area contributed by atoms with E-state index in [1.54, 1.807) is 24.7 Å². The van der Waals surface area contributed by atoms with Gasteiger partial charge in [-0.15, -0.1) is 6.58 Å². The second kappa shape index (κ2) is 16.1. The zero-order valence-corrected chi connectivity index (χ0v) is 30.1. The van der Waals surface area contributed by atoms with E-state index in [0.717, 1.165) is 22.3 Å². The van der Waals surface area contributed by atoms with E-state index in [4.69, 9.17) is 35.5 Å². The van der Waals surface area contributed by atoms with Crippen LogP contribution in [0.4, 0.5) is 0 Å². The van der Waals surface area contributed by atoms with Crippen LogP contribution < -0.4 is 29.1 Å². The van der Waals surface area contributed by atoms with Crippen molar-refractivity contribution >= 4 is 40.7 Å². The third kappa shape index (κ3) is 7.55. The van der Waals surface area contributed by atoms with Gasteiger partial charge in [-0.1, -0.05) is 89.7 Å². The number of benzene rings is 4. The molecule has 0 bridgehead atoms. The first kappa shape index (κ1) is 35.4. The minimum Gasteiger partial charge on any atom is -0.497 e. The van der Waals surface area contributed by atoms with Crippen molar-refractivity contribution < 1.29 is 23.7 Å². The molecule has 0 fully saturated rings. The van der Waals surface area contributed by atoms with Crippen LogP contribution in [-0.4, -0.2) is 30.9 Å². The molecule has 51 heavy (non-hydrogen) atoms. The Hall–Kier alpha value is -5.38. The average Bonchev–Trinajstić information content (AvgIpc) is 3.45. The maximum Gasteiger partial charge on any atom is 0.338 e. The fourth-order valence-electron chi connectivity index (χ4n) is 5.96. The van der Waals surface area contributed by atoms with Gasteiger partial charge >= 0.3 is 5.97 Å². The molecule has 10 heteroatoms. The summed E-state index contributed by atoms with van der Waals surface area (Å²) < 4.78 is 25.4. The molecule has 0 amide bonds. The molecule has 8 nitrogen and oxygen atoms in total. The van der Waals surface area contributed by atoms with Crippen LogP contribution in [0.2, 0.25) is 5.02 Å². The minimum atomic E-state index is -0.806. The number of carbonyl (C=O) groups excluding carboxylic acids is 1. The van der Waals surface area contributed by atoms with E-state index in [2.05, 4.69) is 6.58 Å². The lowest BCUT2D eigenvalue weighted by atomic mass is 9.93. The fourth-order valence-corrected chi connectivity index (χ4v) is 7.15. The van der Waals surface area contributed by atoms with Gasteiger partial charge < -0.3 is 18.9 Å². The van der Waals surface area contributed by atoms with E-state index in [1.807, 2.05) is 104 Å². The summed E-state index contributed by atoms with van der Waals surface area (Å²) in [6.45, 7) is 8.42. The molecule has 6 rings (SSSR count). The van der Waals surface area contributed by atoms with Crippen LogP contribution in [0.3, 0.4) is 0 Å². The molecule has 1 aliphatic rings. The van der Waals surface area contributed by atoms with E-state index < -0.39 is 12.0 Å². The quantitative estimate of drug-likeness (QED) is 0.0937. The van der Waals surface area contributed by atoms with Crippen LogP contribution in [-0.2, 0) is 22.6 Å². The smallest absolute Gasteiger partial charge is 0.338 e. The Bertz CT molecular complexity index is 2280. The number of halogens is 1. The van der Waals surface area contributed by atoms with Gasteiger partial charge in [0.1, 0.15) is 12.4 Å². The molecule has 5 aromatic rings. The highest BCUT2D eigenvalue weighted by molar-refractivity contribution is 7.07. The molecular formula is C41H37ClN2O6S. The van der Waals surface area contributed by atoms with Crippen molar-refractivity contribution in [2.45, 2.75) is 32.9 Å². The summed E-state index contributed by atoms with van der Waals surface area (Å²) in [5.74, 6) is 1.23. The summed E-state index contributed by atoms with van der Waals surface area (Å²) in [4.78, 5) is 33.6. The third-order valence-corrected chi connectivity index (χ3v) is 9.60. The zero-order valence-electron chi connectivity index (χ0n) is 28.6. The molecule has 1 atom stereocenters. The van der Waals surface area contributed by atoms with Crippen LogP contribution in [0.5, 0.6) is 17.2 Å². The van der Waals surface area contributed by atoms with Gasteiger partial charge in [-0.05, 0) is 67.8 Å². The van der Waals surface area contributed by atoms with E-state index >= 15 is 0 Å². The number of hydrogen-bond acceptors (Lipinski definition) is 8. The average molecular weight is 721 g/mol. The molecule has 0 spiro atoms. The van der Waals surface area contributed by atoms with Gasteiger partial charge in [-0.2, -0.15) is 0 Å². The molecule has 2 heterocycles. The van der Waals surface area contributed by atoms with Gasteiger partial charge in [0.25, 0.3) is 5.56 Å². The van der Waals surface area contributed by atoms with E-state index in [-0.39, 0.29) is 24.3 Å². The number of methoxy groups -OCH3 is 1. The highest BCUT2D eigenvalue weighted by Crippen LogP contribution is 2.37. The van der Waals surface area contributed by atoms with Gasteiger partial charge in [0.15, 0.2) is 16.3 Å². The molecule has 0 radical (unpaired) electrons. The molecule has 260 valence electrons. The van der Waals surface area contributed by atoms with E-state index in [0.29, 0.717) is 55.9 Å². The Morgan fingerprint density at radius 3 is 2.39 bits per heavy atom. The molecule has 0 saturated carbocycles.